The first kappa shape index (κ1) is 21.6. The molecule has 156 valence electrons. The van der Waals surface area contributed by atoms with Gasteiger partial charge in [-0.15, -0.1) is 5.10 Å². The van der Waals surface area contributed by atoms with Crippen LogP contribution in [0.5, 0.6) is 0 Å². The van der Waals surface area contributed by atoms with Gasteiger partial charge in [0.2, 0.25) is 5.91 Å². The molecule has 30 heavy (non-hydrogen) atoms. The number of nitrogens with one attached hydrogen (secondary N) is 1. The van der Waals surface area contributed by atoms with E-state index < -0.39 is 29.2 Å². The highest BCUT2D eigenvalue weighted by Crippen LogP contribution is 2.32. The van der Waals surface area contributed by atoms with Gasteiger partial charge in [0, 0.05) is 22.2 Å². The number of anilines is 1. The van der Waals surface area contributed by atoms with Crippen LogP contribution in [-0.2, 0) is 4.79 Å². The van der Waals surface area contributed by atoms with Gasteiger partial charge in [-0.25, -0.2) is 4.39 Å². The van der Waals surface area contributed by atoms with Gasteiger partial charge in [-0.1, -0.05) is 34.8 Å². The molecule has 3 aromatic rings. The van der Waals surface area contributed by atoms with Gasteiger partial charge < -0.3 is 5.32 Å². The van der Waals surface area contributed by atoms with Gasteiger partial charge in [0.25, 0.3) is 5.91 Å². The van der Waals surface area contributed by atoms with Gasteiger partial charge in [0.1, 0.15) is 11.9 Å². The maximum atomic E-state index is 14.9. The molecule has 0 aliphatic heterocycles. The summed E-state index contributed by atoms with van der Waals surface area (Å²) in [6, 6.07) is 11.9. The summed E-state index contributed by atoms with van der Waals surface area (Å²) in [7, 11) is 0. The number of benzene rings is 2. The number of carbonyl (C=O) groups is 2. The summed E-state index contributed by atoms with van der Waals surface area (Å²) in [5.41, 5.74) is 0.962. The fourth-order valence-electron chi connectivity index (χ4n) is 3.07. The Balaban J connectivity index is 2.21. The topological polar surface area (TPSA) is 75.2 Å². The van der Waals surface area contributed by atoms with E-state index in [0.29, 0.717) is 5.69 Å². The average molecular weight is 427 g/mol. The third kappa shape index (κ3) is 4.88. The first-order valence-corrected chi connectivity index (χ1v) is 10.2. The van der Waals surface area contributed by atoms with Crippen LogP contribution in [0.25, 0.3) is 0 Å². The molecule has 1 aromatic heterocycles. The number of nitrogens with zero attached hydrogens (tertiary/aromatic N) is 3. The summed E-state index contributed by atoms with van der Waals surface area (Å²) in [5, 5.41) is 8.25. The molecule has 0 aliphatic rings. The van der Waals surface area contributed by atoms with Crippen LogP contribution >= 0.6 is 11.5 Å². The second-order valence-electron chi connectivity index (χ2n) is 7.97. The number of rotatable bonds is 5. The van der Waals surface area contributed by atoms with Crippen molar-refractivity contribution in [3.05, 3.63) is 76.5 Å². The summed E-state index contributed by atoms with van der Waals surface area (Å²) < 4.78 is 18.6. The average Bonchev–Trinajstić information content (AvgIpc) is 3.19. The van der Waals surface area contributed by atoms with Crippen molar-refractivity contribution in [3.8, 4) is 0 Å². The van der Waals surface area contributed by atoms with Crippen LogP contribution in [0, 0.1) is 12.7 Å². The fraction of sp³-hybridized carbons (Fsp3) is 0.273. The van der Waals surface area contributed by atoms with Gasteiger partial charge in [0.15, 0.2) is 5.69 Å². The summed E-state index contributed by atoms with van der Waals surface area (Å²) in [5.74, 6) is -1.61. The Morgan fingerprint density at radius 3 is 2.47 bits per heavy atom. The standard InChI is InChI=1S/C22H23FN4O2S/c1-14-8-7-9-15(12-14)27(21(29)18-13-30-26-25-18)19(20(28)24-22(2,3)4)16-10-5-6-11-17(16)23/h5-13,19H,1-4H3,(H,24,28)/t19-/m1/s1. The zero-order valence-electron chi connectivity index (χ0n) is 17.2. The normalized spacial score (nSPS) is 12.3. The van der Waals surface area contributed by atoms with Crippen LogP contribution in [0.15, 0.2) is 53.9 Å². The van der Waals surface area contributed by atoms with Crippen molar-refractivity contribution in [2.45, 2.75) is 39.3 Å². The Bertz CT molecular complexity index is 1050. The molecule has 0 spiro atoms. The van der Waals surface area contributed by atoms with Crippen LogP contribution in [0.4, 0.5) is 10.1 Å². The molecule has 2 aromatic carbocycles. The maximum absolute atomic E-state index is 14.9. The molecule has 1 N–H and O–H groups in total. The van der Waals surface area contributed by atoms with E-state index in [9.17, 15) is 14.0 Å². The molecule has 3 rings (SSSR count). The van der Waals surface area contributed by atoms with Crippen molar-refractivity contribution in [3.63, 3.8) is 0 Å². The van der Waals surface area contributed by atoms with Crippen molar-refractivity contribution in [1.82, 2.24) is 14.9 Å². The third-order valence-electron chi connectivity index (χ3n) is 4.28. The van der Waals surface area contributed by atoms with E-state index in [2.05, 4.69) is 14.9 Å². The van der Waals surface area contributed by atoms with E-state index in [-0.39, 0.29) is 11.3 Å². The number of aryl methyl sites for hydroxylation is 1. The minimum Gasteiger partial charge on any atom is -0.349 e. The molecule has 0 aliphatic carbocycles. The molecule has 1 heterocycles. The van der Waals surface area contributed by atoms with Crippen molar-refractivity contribution in [2.75, 3.05) is 4.90 Å². The number of halogens is 1. The lowest BCUT2D eigenvalue weighted by atomic mass is 9.99. The van der Waals surface area contributed by atoms with Crippen molar-refractivity contribution in [1.29, 1.82) is 0 Å². The number of hydrogen-bond acceptors (Lipinski definition) is 5. The number of hydrogen-bond donors (Lipinski definition) is 1. The van der Waals surface area contributed by atoms with Crippen molar-refractivity contribution in [2.24, 2.45) is 0 Å². The number of carbonyl (C=O) groups excluding carboxylic acids is 2. The Morgan fingerprint density at radius 2 is 1.87 bits per heavy atom. The van der Waals surface area contributed by atoms with E-state index in [1.54, 1.807) is 30.3 Å². The molecule has 0 radical (unpaired) electrons. The van der Waals surface area contributed by atoms with E-state index in [4.69, 9.17) is 0 Å². The van der Waals surface area contributed by atoms with Crippen LogP contribution in [0.3, 0.4) is 0 Å². The first-order chi connectivity index (χ1) is 14.2. The van der Waals surface area contributed by atoms with Crippen LogP contribution < -0.4 is 10.2 Å². The molecule has 1 atom stereocenters. The highest BCUT2D eigenvalue weighted by atomic mass is 32.1. The molecular formula is C22H23FN4O2S. The molecule has 0 unspecified atom stereocenters. The van der Waals surface area contributed by atoms with Gasteiger partial charge >= 0.3 is 0 Å². The van der Waals surface area contributed by atoms with Crippen molar-refractivity contribution < 1.29 is 14.0 Å². The number of amides is 2. The first-order valence-electron chi connectivity index (χ1n) is 9.41. The van der Waals surface area contributed by atoms with Crippen LogP contribution in [0.2, 0.25) is 0 Å². The Hall–Kier alpha value is -3.13. The van der Waals surface area contributed by atoms with E-state index in [1.165, 1.54) is 22.4 Å². The monoisotopic (exact) mass is 426 g/mol. The van der Waals surface area contributed by atoms with Gasteiger partial charge in [-0.05, 0) is 63.0 Å². The SMILES string of the molecule is Cc1cccc(N(C(=O)c2csnn2)[C@@H](C(=O)NC(C)(C)C)c2ccccc2F)c1. The van der Waals surface area contributed by atoms with E-state index >= 15 is 0 Å². The minimum absolute atomic E-state index is 0.0893. The molecule has 2 amide bonds. The second-order valence-corrected chi connectivity index (χ2v) is 8.58. The maximum Gasteiger partial charge on any atom is 0.280 e. The lowest BCUT2D eigenvalue weighted by Gasteiger charge is -2.33. The highest BCUT2D eigenvalue weighted by molar-refractivity contribution is 7.03. The largest absolute Gasteiger partial charge is 0.349 e. The fourth-order valence-corrected chi connectivity index (χ4v) is 3.51. The zero-order chi connectivity index (χ0) is 21.9. The molecule has 0 saturated carbocycles. The van der Waals surface area contributed by atoms with Crippen LogP contribution in [-0.4, -0.2) is 26.9 Å². The lowest BCUT2D eigenvalue weighted by molar-refractivity contribution is -0.124. The third-order valence-corrected chi connectivity index (χ3v) is 4.79. The van der Waals surface area contributed by atoms with Gasteiger partial charge in [-0.2, -0.15) is 0 Å². The Labute approximate surface area is 178 Å². The lowest BCUT2D eigenvalue weighted by Crippen LogP contribution is -2.49. The second kappa shape index (κ2) is 8.71. The summed E-state index contributed by atoms with van der Waals surface area (Å²) in [6.45, 7) is 7.36. The highest BCUT2D eigenvalue weighted by Gasteiger charge is 2.37. The predicted octanol–water partition coefficient (Wildman–Crippen LogP) is 4.29. The quantitative estimate of drug-likeness (QED) is 0.660. The minimum atomic E-state index is -1.23. The zero-order valence-corrected chi connectivity index (χ0v) is 18.0. The summed E-state index contributed by atoms with van der Waals surface area (Å²) in [6.07, 6.45) is 0. The van der Waals surface area contributed by atoms with Crippen LogP contribution in [0.1, 0.15) is 48.4 Å². The molecule has 0 fully saturated rings. The summed E-state index contributed by atoms with van der Waals surface area (Å²) >= 11 is 1.03. The predicted molar refractivity (Wildman–Crippen MR) is 115 cm³/mol. The van der Waals surface area contributed by atoms with E-state index in [1.807, 2.05) is 33.8 Å². The molecule has 0 bridgehead atoms. The van der Waals surface area contributed by atoms with Gasteiger partial charge in [-0.3, -0.25) is 14.5 Å². The molecule has 8 heteroatoms. The molecule has 6 nitrogen and oxygen atoms in total. The molecule has 0 saturated heterocycles. The number of aromatic nitrogens is 2. The Kier molecular flexibility index (Phi) is 6.26. The Morgan fingerprint density at radius 1 is 1.13 bits per heavy atom. The summed E-state index contributed by atoms with van der Waals surface area (Å²) in [4.78, 5) is 28.1. The van der Waals surface area contributed by atoms with Crippen molar-refractivity contribution >= 4 is 29.0 Å². The smallest absolute Gasteiger partial charge is 0.280 e. The molecular weight excluding hydrogens is 403 g/mol. The van der Waals surface area contributed by atoms with Gasteiger partial charge in [0.05, 0.1) is 0 Å². The van der Waals surface area contributed by atoms with E-state index in [0.717, 1.165) is 17.1 Å².